The lowest BCUT2D eigenvalue weighted by atomic mass is 10.0. The molecule has 0 aliphatic rings. The number of alkyl halides is 1. The topological polar surface area (TPSA) is 37.3 Å². The van der Waals surface area contributed by atoms with Crippen LogP contribution in [0.1, 0.15) is 39.5 Å². The van der Waals surface area contributed by atoms with E-state index in [0.29, 0.717) is 0 Å². The van der Waals surface area contributed by atoms with Gasteiger partial charge in [0.25, 0.3) is 0 Å². The number of carbonyl (C=O) groups is 1. The SMILES string of the molecule is CC(C)(Cl)CCCCC(=O)O. The van der Waals surface area contributed by atoms with Crippen molar-refractivity contribution < 1.29 is 9.90 Å². The Morgan fingerprint density at radius 3 is 2.36 bits per heavy atom. The Hall–Kier alpha value is -0.240. The van der Waals surface area contributed by atoms with Gasteiger partial charge in [-0.25, -0.2) is 0 Å². The number of hydrogen-bond donors (Lipinski definition) is 1. The molecule has 0 saturated carbocycles. The van der Waals surface area contributed by atoms with Crippen LogP contribution in [0.3, 0.4) is 0 Å². The van der Waals surface area contributed by atoms with E-state index in [2.05, 4.69) is 0 Å². The van der Waals surface area contributed by atoms with Crippen molar-refractivity contribution in [3.63, 3.8) is 0 Å². The van der Waals surface area contributed by atoms with Crippen LogP contribution in [0.25, 0.3) is 0 Å². The molecule has 0 aliphatic heterocycles. The summed E-state index contributed by atoms with van der Waals surface area (Å²) in [5.41, 5.74) is 0. The lowest BCUT2D eigenvalue weighted by molar-refractivity contribution is -0.137. The van der Waals surface area contributed by atoms with Crippen LogP contribution >= 0.6 is 11.6 Å². The minimum absolute atomic E-state index is 0.182. The van der Waals surface area contributed by atoms with E-state index in [0.717, 1.165) is 19.3 Å². The summed E-state index contributed by atoms with van der Waals surface area (Å²) >= 11 is 5.90. The maximum Gasteiger partial charge on any atom is 0.303 e. The quantitative estimate of drug-likeness (QED) is 0.519. The Morgan fingerprint density at radius 1 is 1.45 bits per heavy atom. The number of hydrogen-bond acceptors (Lipinski definition) is 1. The zero-order valence-electron chi connectivity index (χ0n) is 7.06. The summed E-state index contributed by atoms with van der Waals surface area (Å²) in [7, 11) is 0. The predicted molar refractivity (Wildman–Crippen MR) is 46.0 cm³/mol. The highest BCUT2D eigenvalue weighted by Gasteiger charge is 2.12. The second-order valence-electron chi connectivity index (χ2n) is 3.32. The first kappa shape index (κ1) is 10.8. The lowest BCUT2D eigenvalue weighted by Gasteiger charge is -2.13. The van der Waals surface area contributed by atoms with Gasteiger partial charge in [0, 0.05) is 11.3 Å². The minimum atomic E-state index is -0.725. The molecule has 0 fully saturated rings. The molecule has 0 bridgehead atoms. The standard InChI is InChI=1S/C8H15ClO2/c1-8(2,9)6-4-3-5-7(10)11/h3-6H2,1-2H3,(H,10,11). The smallest absolute Gasteiger partial charge is 0.303 e. The van der Waals surface area contributed by atoms with E-state index in [4.69, 9.17) is 16.7 Å². The summed E-state index contributed by atoms with van der Waals surface area (Å²) in [5.74, 6) is -0.725. The monoisotopic (exact) mass is 178 g/mol. The van der Waals surface area contributed by atoms with Crippen molar-refractivity contribution in [1.82, 2.24) is 0 Å². The van der Waals surface area contributed by atoms with Gasteiger partial charge in [-0.15, -0.1) is 11.6 Å². The first-order valence-electron chi connectivity index (χ1n) is 3.82. The molecule has 0 saturated heterocycles. The van der Waals surface area contributed by atoms with Gasteiger partial charge >= 0.3 is 5.97 Å². The van der Waals surface area contributed by atoms with Crippen LogP contribution in [-0.4, -0.2) is 16.0 Å². The molecule has 1 N–H and O–H groups in total. The van der Waals surface area contributed by atoms with Crippen molar-refractivity contribution in [2.45, 2.75) is 44.4 Å². The molecule has 0 aromatic carbocycles. The summed E-state index contributed by atoms with van der Waals surface area (Å²) in [6.07, 6.45) is 2.75. The highest BCUT2D eigenvalue weighted by molar-refractivity contribution is 6.23. The molecule has 0 aromatic rings. The third kappa shape index (κ3) is 9.76. The van der Waals surface area contributed by atoms with E-state index < -0.39 is 5.97 Å². The molecular formula is C8H15ClO2. The van der Waals surface area contributed by atoms with E-state index in [1.54, 1.807) is 0 Å². The molecule has 3 heteroatoms. The molecule has 0 rings (SSSR count). The number of halogens is 1. The van der Waals surface area contributed by atoms with Crippen molar-refractivity contribution >= 4 is 17.6 Å². The Balaban J connectivity index is 3.22. The molecule has 0 atom stereocenters. The maximum atomic E-state index is 10.1. The minimum Gasteiger partial charge on any atom is -0.481 e. The van der Waals surface area contributed by atoms with Gasteiger partial charge in [0.1, 0.15) is 0 Å². The van der Waals surface area contributed by atoms with E-state index in [-0.39, 0.29) is 11.3 Å². The van der Waals surface area contributed by atoms with E-state index in [1.807, 2.05) is 13.8 Å². The Bertz CT molecular complexity index is 127. The van der Waals surface area contributed by atoms with Crippen molar-refractivity contribution in [2.24, 2.45) is 0 Å². The van der Waals surface area contributed by atoms with E-state index in [9.17, 15) is 4.79 Å². The molecule has 66 valence electrons. The molecule has 2 nitrogen and oxygen atoms in total. The average molecular weight is 179 g/mol. The molecular weight excluding hydrogens is 164 g/mol. The van der Waals surface area contributed by atoms with Crippen molar-refractivity contribution in [3.8, 4) is 0 Å². The van der Waals surface area contributed by atoms with Crippen molar-refractivity contribution in [2.75, 3.05) is 0 Å². The third-order valence-corrected chi connectivity index (χ3v) is 1.60. The third-order valence-electron chi connectivity index (χ3n) is 1.41. The Morgan fingerprint density at radius 2 is 2.00 bits per heavy atom. The van der Waals surface area contributed by atoms with Crippen molar-refractivity contribution in [3.05, 3.63) is 0 Å². The molecule has 0 heterocycles. The second kappa shape index (κ2) is 4.60. The summed E-state index contributed by atoms with van der Waals surface area (Å²) in [4.78, 5) is 9.91. The van der Waals surface area contributed by atoms with Crippen LogP contribution in [-0.2, 0) is 4.79 Å². The number of unbranched alkanes of at least 4 members (excludes halogenated alkanes) is 1. The van der Waals surface area contributed by atoms with Crippen LogP contribution in [0.2, 0.25) is 0 Å². The van der Waals surface area contributed by atoms with Crippen molar-refractivity contribution in [1.29, 1.82) is 0 Å². The number of aliphatic carboxylic acids is 1. The normalized spacial score (nSPS) is 11.5. The Kier molecular flexibility index (Phi) is 4.50. The number of rotatable bonds is 5. The zero-order chi connectivity index (χ0) is 8.91. The lowest BCUT2D eigenvalue weighted by Crippen LogP contribution is -2.09. The fourth-order valence-electron chi connectivity index (χ4n) is 0.822. The summed E-state index contributed by atoms with van der Waals surface area (Å²) in [5, 5.41) is 8.31. The number of carboxylic acid groups (broad SMARTS) is 1. The summed E-state index contributed by atoms with van der Waals surface area (Å²) in [6, 6.07) is 0. The molecule has 0 aromatic heterocycles. The Labute approximate surface area is 72.6 Å². The molecule has 11 heavy (non-hydrogen) atoms. The van der Waals surface area contributed by atoms with E-state index >= 15 is 0 Å². The highest BCUT2D eigenvalue weighted by atomic mass is 35.5. The molecule has 0 aliphatic carbocycles. The maximum absolute atomic E-state index is 10.1. The van der Waals surface area contributed by atoms with Gasteiger partial charge in [-0.3, -0.25) is 4.79 Å². The molecule has 0 unspecified atom stereocenters. The first-order valence-corrected chi connectivity index (χ1v) is 4.20. The van der Waals surface area contributed by atoms with Gasteiger partial charge in [-0.2, -0.15) is 0 Å². The van der Waals surface area contributed by atoms with Crippen LogP contribution < -0.4 is 0 Å². The molecule has 0 radical (unpaired) electrons. The van der Waals surface area contributed by atoms with Crippen LogP contribution in [0.15, 0.2) is 0 Å². The zero-order valence-corrected chi connectivity index (χ0v) is 7.82. The van der Waals surface area contributed by atoms with Gasteiger partial charge in [0.2, 0.25) is 0 Å². The van der Waals surface area contributed by atoms with Gasteiger partial charge < -0.3 is 5.11 Å². The van der Waals surface area contributed by atoms with Gasteiger partial charge in [-0.1, -0.05) is 6.42 Å². The second-order valence-corrected chi connectivity index (χ2v) is 4.34. The average Bonchev–Trinajstić information content (AvgIpc) is 1.78. The fraction of sp³-hybridized carbons (Fsp3) is 0.875. The number of carboxylic acids is 1. The van der Waals surface area contributed by atoms with Gasteiger partial charge in [0.15, 0.2) is 0 Å². The van der Waals surface area contributed by atoms with Crippen LogP contribution in [0.5, 0.6) is 0 Å². The summed E-state index contributed by atoms with van der Waals surface area (Å²) < 4.78 is 0. The first-order chi connectivity index (χ1) is 4.92. The van der Waals surface area contributed by atoms with Crippen LogP contribution in [0.4, 0.5) is 0 Å². The predicted octanol–water partition coefficient (Wildman–Crippen LogP) is 2.65. The van der Waals surface area contributed by atoms with Gasteiger partial charge in [-0.05, 0) is 26.7 Å². The fourth-order valence-corrected chi connectivity index (χ4v) is 0.955. The summed E-state index contributed by atoms with van der Waals surface area (Å²) in [6.45, 7) is 3.88. The van der Waals surface area contributed by atoms with Crippen LogP contribution in [0, 0.1) is 0 Å². The van der Waals surface area contributed by atoms with Gasteiger partial charge in [0.05, 0.1) is 0 Å². The molecule has 0 amide bonds. The largest absolute Gasteiger partial charge is 0.481 e. The highest BCUT2D eigenvalue weighted by Crippen LogP contribution is 2.20. The molecule has 0 spiro atoms. The van der Waals surface area contributed by atoms with E-state index in [1.165, 1.54) is 0 Å².